The van der Waals surface area contributed by atoms with Crippen molar-refractivity contribution in [3.8, 4) is 0 Å². The summed E-state index contributed by atoms with van der Waals surface area (Å²) < 4.78 is 45.3. The minimum atomic E-state index is -4.69. The monoisotopic (exact) mass is 383 g/mol. The second-order valence-electron chi connectivity index (χ2n) is 7.06. The maximum Gasteiger partial charge on any atom is 0.433 e. The predicted molar refractivity (Wildman–Crippen MR) is 88.3 cm³/mol. The maximum atomic E-state index is 12.9. The van der Waals surface area contributed by atoms with Gasteiger partial charge in [-0.15, -0.1) is 0 Å². The third-order valence-electron chi connectivity index (χ3n) is 3.91. The highest BCUT2D eigenvalue weighted by Gasteiger charge is 2.33. The summed E-state index contributed by atoms with van der Waals surface area (Å²) in [5.41, 5.74) is -3.55. The van der Waals surface area contributed by atoms with Gasteiger partial charge < -0.3 is 4.52 Å². The Morgan fingerprint density at radius 3 is 2.33 bits per heavy atom. The van der Waals surface area contributed by atoms with E-state index in [1.807, 2.05) is 20.8 Å². The summed E-state index contributed by atoms with van der Waals surface area (Å²) in [5.74, 6) is 0.443. The highest BCUT2D eigenvalue weighted by Crippen LogP contribution is 2.28. The largest absolute Gasteiger partial charge is 0.433 e. The second-order valence-corrected chi connectivity index (χ2v) is 7.06. The third kappa shape index (κ3) is 3.36. The smallest absolute Gasteiger partial charge is 0.337 e. The normalized spacial score (nSPS) is 12.7. The first-order chi connectivity index (χ1) is 12.4. The molecule has 3 rings (SSSR count). The zero-order chi connectivity index (χ0) is 20.1. The SMILES string of the molecule is Cn1c(=O)n(Cc2nc(C(C)(C)C)no2)c(=O)c2ccc(C(F)(F)F)nc21. The van der Waals surface area contributed by atoms with Crippen LogP contribution in [0.4, 0.5) is 13.2 Å². The number of hydrogen-bond donors (Lipinski definition) is 0. The fraction of sp³-hybridized carbons (Fsp3) is 0.438. The van der Waals surface area contributed by atoms with E-state index in [1.54, 1.807) is 0 Å². The number of pyridine rings is 1. The van der Waals surface area contributed by atoms with Crippen molar-refractivity contribution in [2.45, 2.75) is 38.9 Å². The summed E-state index contributed by atoms with van der Waals surface area (Å²) in [4.78, 5) is 32.7. The first-order valence-electron chi connectivity index (χ1n) is 7.90. The van der Waals surface area contributed by atoms with Crippen LogP contribution in [0.3, 0.4) is 0 Å². The van der Waals surface area contributed by atoms with Gasteiger partial charge in [0.05, 0.1) is 5.39 Å². The van der Waals surface area contributed by atoms with Crippen LogP contribution in [0, 0.1) is 0 Å². The van der Waals surface area contributed by atoms with Crippen LogP contribution in [0.1, 0.15) is 38.2 Å². The molecule has 0 saturated carbocycles. The molecule has 0 aliphatic heterocycles. The van der Waals surface area contributed by atoms with Gasteiger partial charge in [0.25, 0.3) is 5.56 Å². The molecule has 8 nitrogen and oxygen atoms in total. The summed E-state index contributed by atoms with van der Waals surface area (Å²) in [6.45, 7) is 5.30. The Morgan fingerprint density at radius 2 is 1.78 bits per heavy atom. The van der Waals surface area contributed by atoms with Crippen molar-refractivity contribution >= 4 is 11.0 Å². The molecule has 3 heterocycles. The van der Waals surface area contributed by atoms with Crippen LogP contribution < -0.4 is 11.2 Å². The number of aryl methyl sites for hydroxylation is 1. The molecule has 0 saturated heterocycles. The van der Waals surface area contributed by atoms with E-state index in [0.29, 0.717) is 11.9 Å². The Hall–Kier alpha value is -2.98. The van der Waals surface area contributed by atoms with Crippen LogP contribution in [0.15, 0.2) is 26.2 Å². The van der Waals surface area contributed by atoms with Gasteiger partial charge in [0, 0.05) is 12.5 Å². The lowest BCUT2D eigenvalue weighted by atomic mass is 9.96. The van der Waals surface area contributed by atoms with Gasteiger partial charge in [0.15, 0.2) is 5.82 Å². The second kappa shape index (κ2) is 6.03. The van der Waals surface area contributed by atoms with Crippen LogP contribution in [-0.2, 0) is 25.2 Å². The zero-order valence-corrected chi connectivity index (χ0v) is 15.0. The number of halogens is 3. The van der Waals surface area contributed by atoms with Gasteiger partial charge in [-0.05, 0) is 12.1 Å². The van der Waals surface area contributed by atoms with Crippen molar-refractivity contribution in [1.29, 1.82) is 0 Å². The van der Waals surface area contributed by atoms with E-state index in [4.69, 9.17) is 4.52 Å². The lowest BCUT2D eigenvalue weighted by molar-refractivity contribution is -0.141. The van der Waals surface area contributed by atoms with E-state index < -0.39 is 23.1 Å². The molecule has 0 bridgehead atoms. The topological polar surface area (TPSA) is 95.8 Å². The van der Waals surface area contributed by atoms with E-state index in [-0.39, 0.29) is 28.9 Å². The average molecular weight is 383 g/mol. The maximum absolute atomic E-state index is 12.9. The number of nitrogens with zero attached hydrogens (tertiary/aromatic N) is 5. The lowest BCUT2D eigenvalue weighted by Crippen LogP contribution is -2.40. The summed E-state index contributed by atoms with van der Waals surface area (Å²) in [7, 11) is 1.24. The quantitative estimate of drug-likeness (QED) is 0.670. The van der Waals surface area contributed by atoms with Crippen LogP contribution in [0.2, 0.25) is 0 Å². The van der Waals surface area contributed by atoms with Gasteiger partial charge in [0.2, 0.25) is 5.89 Å². The fourth-order valence-corrected chi connectivity index (χ4v) is 2.43. The van der Waals surface area contributed by atoms with Gasteiger partial charge in [-0.25, -0.2) is 9.78 Å². The molecule has 0 aromatic carbocycles. The molecule has 0 aliphatic carbocycles. The third-order valence-corrected chi connectivity index (χ3v) is 3.91. The number of aromatic nitrogens is 5. The highest BCUT2D eigenvalue weighted by molar-refractivity contribution is 5.74. The van der Waals surface area contributed by atoms with Crippen LogP contribution >= 0.6 is 0 Å². The van der Waals surface area contributed by atoms with Crippen molar-refractivity contribution in [2.24, 2.45) is 7.05 Å². The summed E-state index contributed by atoms with van der Waals surface area (Å²) >= 11 is 0. The molecule has 0 atom stereocenters. The minimum Gasteiger partial charge on any atom is -0.337 e. The first-order valence-corrected chi connectivity index (χ1v) is 7.90. The number of fused-ring (bicyclic) bond motifs is 1. The molecule has 27 heavy (non-hydrogen) atoms. The van der Waals surface area contributed by atoms with E-state index in [1.165, 1.54) is 7.05 Å². The number of hydrogen-bond acceptors (Lipinski definition) is 6. The van der Waals surface area contributed by atoms with Crippen molar-refractivity contribution in [2.75, 3.05) is 0 Å². The Balaban J connectivity index is 2.14. The summed E-state index contributed by atoms with van der Waals surface area (Å²) in [5, 5.41) is 3.69. The summed E-state index contributed by atoms with van der Waals surface area (Å²) in [6.07, 6.45) is -4.69. The Kier molecular flexibility index (Phi) is 4.20. The molecular formula is C16H16F3N5O3. The van der Waals surface area contributed by atoms with E-state index in [0.717, 1.165) is 15.2 Å². The Bertz CT molecular complexity index is 1140. The van der Waals surface area contributed by atoms with Crippen molar-refractivity contribution in [3.05, 3.63) is 50.4 Å². The van der Waals surface area contributed by atoms with Gasteiger partial charge in [-0.3, -0.25) is 13.9 Å². The van der Waals surface area contributed by atoms with Gasteiger partial charge in [-0.1, -0.05) is 25.9 Å². The molecule has 11 heteroatoms. The predicted octanol–water partition coefficient (Wildman–Crippen LogP) is 1.84. The molecule has 3 aromatic rings. The highest BCUT2D eigenvalue weighted by atomic mass is 19.4. The molecule has 0 fully saturated rings. The van der Waals surface area contributed by atoms with Gasteiger partial charge in [-0.2, -0.15) is 18.2 Å². The van der Waals surface area contributed by atoms with E-state index in [9.17, 15) is 22.8 Å². The molecule has 3 aromatic heterocycles. The zero-order valence-electron chi connectivity index (χ0n) is 15.0. The Labute approximate surface area is 150 Å². The number of rotatable bonds is 2. The molecule has 0 spiro atoms. The van der Waals surface area contributed by atoms with Gasteiger partial charge >= 0.3 is 11.9 Å². The molecule has 144 valence electrons. The van der Waals surface area contributed by atoms with Gasteiger partial charge in [0.1, 0.15) is 17.9 Å². The first kappa shape index (κ1) is 18.8. The van der Waals surface area contributed by atoms with E-state index >= 15 is 0 Å². The molecular weight excluding hydrogens is 367 g/mol. The van der Waals surface area contributed by atoms with Crippen molar-refractivity contribution in [1.82, 2.24) is 24.3 Å². The van der Waals surface area contributed by atoms with Crippen LogP contribution in [0.5, 0.6) is 0 Å². The molecule has 0 unspecified atom stereocenters. The standard InChI is InChI=1S/C16H16F3N5O3/c1-15(2,3)13-21-10(27-22-13)7-24-12(25)8-5-6-9(16(17,18)19)20-11(8)23(4)14(24)26/h5-6H,7H2,1-4H3. The van der Waals surface area contributed by atoms with Crippen LogP contribution in [-0.4, -0.2) is 24.3 Å². The Morgan fingerprint density at radius 1 is 1.11 bits per heavy atom. The van der Waals surface area contributed by atoms with Crippen LogP contribution in [0.25, 0.3) is 11.0 Å². The van der Waals surface area contributed by atoms with Crippen molar-refractivity contribution in [3.63, 3.8) is 0 Å². The molecule has 0 radical (unpaired) electrons. The fourth-order valence-electron chi connectivity index (χ4n) is 2.43. The molecule has 0 aliphatic rings. The average Bonchev–Trinajstić information content (AvgIpc) is 3.04. The summed E-state index contributed by atoms with van der Waals surface area (Å²) in [6, 6.07) is 1.70. The molecule has 0 N–H and O–H groups in total. The minimum absolute atomic E-state index is 0.0401. The lowest BCUT2D eigenvalue weighted by Gasteiger charge is -2.11. The van der Waals surface area contributed by atoms with Crippen molar-refractivity contribution < 1.29 is 17.7 Å². The van der Waals surface area contributed by atoms with E-state index in [2.05, 4.69) is 15.1 Å². The molecule has 0 amide bonds. The number of alkyl halides is 3.